The maximum absolute atomic E-state index is 12.3. The average Bonchev–Trinajstić information content (AvgIpc) is 2.69. The van der Waals surface area contributed by atoms with Gasteiger partial charge in [0.05, 0.1) is 7.11 Å². The van der Waals surface area contributed by atoms with E-state index in [1.54, 1.807) is 61.7 Å². The number of aromatic nitrogens is 2. The number of nitrogens with one attached hydrogen (secondary N) is 2. The van der Waals surface area contributed by atoms with Crippen LogP contribution in [-0.4, -0.2) is 29.0 Å². The lowest BCUT2D eigenvalue weighted by atomic mass is 10.1. The number of anilines is 3. The molecule has 0 spiro atoms. The van der Waals surface area contributed by atoms with Crippen LogP contribution in [0.5, 0.6) is 5.75 Å². The van der Waals surface area contributed by atoms with Crippen LogP contribution < -0.4 is 15.4 Å². The lowest BCUT2D eigenvalue weighted by Crippen LogP contribution is -2.14. The Morgan fingerprint density at radius 2 is 1.70 bits per heavy atom. The quantitative estimate of drug-likeness (QED) is 0.650. The number of carbonyl (C=O) groups excluding carboxylic acids is 2. The van der Waals surface area contributed by atoms with Crippen molar-refractivity contribution in [2.24, 2.45) is 0 Å². The number of ether oxygens (including phenoxy) is 1. The Bertz CT molecular complexity index is 971. The average molecular weight is 362 g/mol. The summed E-state index contributed by atoms with van der Waals surface area (Å²) in [6.45, 7) is 1.51. The number of carbonyl (C=O) groups is 2. The molecule has 0 atom stereocenters. The van der Waals surface area contributed by atoms with Crippen LogP contribution in [0.2, 0.25) is 0 Å². The predicted octanol–water partition coefficient (Wildman–Crippen LogP) is 3.68. The van der Waals surface area contributed by atoms with Gasteiger partial charge in [-0.3, -0.25) is 9.59 Å². The van der Waals surface area contributed by atoms with Crippen LogP contribution in [0.15, 0.2) is 60.7 Å². The van der Waals surface area contributed by atoms with Crippen molar-refractivity contribution >= 4 is 28.9 Å². The molecular formula is C20H18N4O3. The summed E-state index contributed by atoms with van der Waals surface area (Å²) in [6.07, 6.45) is 0. The SMILES string of the molecule is COc1cccc(NC(=O)c2ccc(Nc3cccc(C(C)=O)c3)nn2)c1. The van der Waals surface area contributed by atoms with E-state index in [0.717, 1.165) is 0 Å². The second-order valence-electron chi connectivity index (χ2n) is 5.75. The largest absolute Gasteiger partial charge is 0.497 e. The molecule has 0 aliphatic carbocycles. The number of amides is 1. The third kappa shape index (κ3) is 4.66. The predicted molar refractivity (Wildman–Crippen MR) is 103 cm³/mol. The molecule has 2 N–H and O–H groups in total. The number of hydrogen-bond acceptors (Lipinski definition) is 6. The first kappa shape index (κ1) is 18.1. The van der Waals surface area contributed by atoms with Crippen LogP contribution in [0.1, 0.15) is 27.8 Å². The molecule has 3 aromatic rings. The highest BCUT2D eigenvalue weighted by atomic mass is 16.5. The van der Waals surface area contributed by atoms with Gasteiger partial charge in [0, 0.05) is 23.0 Å². The molecule has 27 heavy (non-hydrogen) atoms. The zero-order valence-corrected chi connectivity index (χ0v) is 14.9. The van der Waals surface area contributed by atoms with Gasteiger partial charge in [0.1, 0.15) is 5.75 Å². The number of methoxy groups -OCH3 is 1. The zero-order valence-electron chi connectivity index (χ0n) is 14.9. The number of rotatable bonds is 6. The first-order valence-electron chi connectivity index (χ1n) is 8.22. The van der Waals surface area contributed by atoms with Gasteiger partial charge in [-0.05, 0) is 43.3 Å². The van der Waals surface area contributed by atoms with Crippen LogP contribution in [0.25, 0.3) is 0 Å². The molecule has 7 nitrogen and oxygen atoms in total. The van der Waals surface area contributed by atoms with Gasteiger partial charge >= 0.3 is 0 Å². The van der Waals surface area contributed by atoms with Crippen molar-refractivity contribution in [1.29, 1.82) is 0 Å². The monoisotopic (exact) mass is 362 g/mol. The molecule has 0 radical (unpaired) electrons. The number of hydrogen-bond donors (Lipinski definition) is 2. The van der Waals surface area contributed by atoms with Crippen LogP contribution >= 0.6 is 0 Å². The molecule has 0 aliphatic rings. The number of benzene rings is 2. The van der Waals surface area contributed by atoms with E-state index in [1.807, 2.05) is 6.07 Å². The Labute approximate surface area is 156 Å². The summed E-state index contributed by atoms with van der Waals surface area (Å²) < 4.78 is 5.13. The van der Waals surface area contributed by atoms with E-state index in [4.69, 9.17) is 4.74 Å². The molecule has 0 fully saturated rings. The van der Waals surface area contributed by atoms with Crippen molar-refractivity contribution in [3.05, 3.63) is 71.9 Å². The van der Waals surface area contributed by atoms with Crippen molar-refractivity contribution in [2.45, 2.75) is 6.92 Å². The molecule has 0 saturated heterocycles. The summed E-state index contributed by atoms with van der Waals surface area (Å²) in [5, 5.41) is 13.8. The molecule has 0 aliphatic heterocycles. The van der Waals surface area contributed by atoms with Gasteiger partial charge in [0.25, 0.3) is 5.91 Å². The minimum atomic E-state index is -0.374. The Morgan fingerprint density at radius 1 is 0.926 bits per heavy atom. The molecule has 136 valence electrons. The first-order valence-corrected chi connectivity index (χ1v) is 8.22. The van der Waals surface area contributed by atoms with E-state index in [2.05, 4.69) is 20.8 Å². The van der Waals surface area contributed by atoms with Gasteiger partial charge < -0.3 is 15.4 Å². The topological polar surface area (TPSA) is 93.2 Å². The highest BCUT2D eigenvalue weighted by Crippen LogP contribution is 2.18. The van der Waals surface area contributed by atoms with Crippen LogP contribution in [-0.2, 0) is 0 Å². The minimum Gasteiger partial charge on any atom is -0.497 e. The Morgan fingerprint density at radius 3 is 2.41 bits per heavy atom. The third-order valence-corrected chi connectivity index (χ3v) is 3.77. The highest BCUT2D eigenvalue weighted by molar-refractivity contribution is 6.02. The van der Waals surface area contributed by atoms with E-state index in [-0.39, 0.29) is 17.4 Å². The fourth-order valence-electron chi connectivity index (χ4n) is 2.38. The normalized spacial score (nSPS) is 10.1. The molecule has 0 saturated carbocycles. The van der Waals surface area contributed by atoms with Gasteiger partial charge in [-0.15, -0.1) is 10.2 Å². The van der Waals surface area contributed by atoms with Gasteiger partial charge in [0.2, 0.25) is 0 Å². The second-order valence-corrected chi connectivity index (χ2v) is 5.75. The molecular weight excluding hydrogens is 344 g/mol. The van der Waals surface area contributed by atoms with E-state index < -0.39 is 0 Å². The summed E-state index contributed by atoms with van der Waals surface area (Å²) in [6, 6.07) is 17.3. The maximum atomic E-state index is 12.3. The van der Waals surface area contributed by atoms with Gasteiger partial charge in [-0.25, -0.2) is 0 Å². The summed E-state index contributed by atoms with van der Waals surface area (Å²) in [5.41, 5.74) is 2.10. The standard InChI is InChI=1S/C20H18N4O3/c1-13(25)14-5-3-6-15(11-14)21-19-10-9-18(23-24-19)20(26)22-16-7-4-8-17(12-16)27-2/h3-12H,1-2H3,(H,21,24)(H,22,26). The smallest absolute Gasteiger partial charge is 0.276 e. The third-order valence-electron chi connectivity index (χ3n) is 3.77. The van der Waals surface area contributed by atoms with E-state index in [1.165, 1.54) is 6.92 Å². The summed E-state index contributed by atoms with van der Waals surface area (Å²) in [4.78, 5) is 23.7. The lowest BCUT2D eigenvalue weighted by Gasteiger charge is -2.08. The molecule has 1 heterocycles. The number of ketones is 1. The van der Waals surface area contributed by atoms with Gasteiger partial charge in [-0.1, -0.05) is 18.2 Å². The zero-order chi connectivity index (χ0) is 19.2. The van der Waals surface area contributed by atoms with Crippen molar-refractivity contribution in [3.8, 4) is 5.75 Å². The molecule has 0 bridgehead atoms. The Hall–Kier alpha value is -3.74. The molecule has 1 aromatic heterocycles. The molecule has 3 rings (SSSR count). The van der Waals surface area contributed by atoms with E-state index in [0.29, 0.717) is 28.5 Å². The second kappa shape index (κ2) is 8.09. The fraction of sp³-hybridized carbons (Fsp3) is 0.100. The summed E-state index contributed by atoms with van der Waals surface area (Å²) >= 11 is 0. The Balaban J connectivity index is 1.68. The van der Waals surface area contributed by atoms with Crippen LogP contribution in [0, 0.1) is 0 Å². The number of nitrogens with zero attached hydrogens (tertiary/aromatic N) is 2. The maximum Gasteiger partial charge on any atom is 0.276 e. The number of Topliss-reactive ketones (excluding diaryl/α,β-unsaturated/α-hetero) is 1. The summed E-state index contributed by atoms with van der Waals surface area (Å²) in [7, 11) is 1.56. The molecule has 2 aromatic carbocycles. The van der Waals surface area contributed by atoms with Crippen molar-refractivity contribution < 1.29 is 14.3 Å². The fourth-order valence-corrected chi connectivity index (χ4v) is 2.38. The lowest BCUT2D eigenvalue weighted by molar-refractivity contribution is 0.101. The minimum absolute atomic E-state index is 0.0192. The van der Waals surface area contributed by atoms with E-state index >= 15 is 0 Å². The van der Waals surface area contributed by atoms with Crippen LogP contribution in [0.4, 0.5) is 17.2 Å². The first-order chi connectivity index (χ1) is 13.0. The highest BCUT2D eigenvalue weighted by Gasteiger charge is 2.10. The van der Waals surface area contributed by atoms with Crippen LogP contribution in [0.3, 0.4) is 0 Å². The molecule has 7 heteroatoms. The van der Waals surface area contributed by atoms with Gasteiger partial charge in [0.15, 0.2) is 17.3 Å². The Kier molecular flexibility index (Phi) is 5.41. The van der Waals surface area contributed by atoms with E-state index in [9.17, 15) is 9.59 Å². The molecule has 0 unspecified atom stereocenters. The molecule has 1 amide bonds. The van der Waals surface area contributed by atoms with Crippen molar-refractivity contribution in [1.82, 2.24) is 10.2 Å². The van der Waals surface area contributed by atoms with Crippen molar-refractivity contribution in [3.63, 3.8) is 0 Å². The van der Waals surface area contributed by atoms with Gasteiger partial charge in [-0.2, -0.15) is 0 Å². The summed E-state index contributed by atoms with van der Waals surface area (Å²) in [5.74, 6) is 0.718. The van der Waals surface area contributed by atoms with Crippen molar-refractivity contribution in [2.75, 3.05) is 17.7 Å².